The molecule has 0 radical (unpaired) electrons. The Morgan fingerprint density at radius 3 is 2.44 bits per heavy atom. The molecule has 10 heteroatoms. The maximum Gasteiger partial charge on any atom is 0.246 e. The van der Waals surface area contributed by atoms with E-state index in [1.807, 2.05) is 0 Å². The van der Waals surface area contributed by atoms with Gasteiger partial charge in [-0.3, -0.25) is 4.79 Å². The van der Waals surface area contributed by atoms with Crippen LogP contribution in [0.2, 0.25) is 0 Å². The van der Waals surface area contributed by atoms with Crippen molar-refractivity contribution < 1.29 is 27.2 Å². The van der Waals surface area contributed by atoms with Crippen molar-refractivity contribution in [3.05, 3.63) is 35.7 Å². The number of anilines is 1. The number of rotatable bonds is 9. The van der Waals surface area contributed by atoms with Crippen LogP contribution in [0.25, 0.3) is 0 Å². The number of methoxy groups -OCH3 is 1. The Morgan fingerprint density at radius 1 is 1.22 bits per heavy atom. The van der Waals surface area contributed by atoms with Crippen molar-refractivity contribution in [1.82, 2.24) is 9.88 Å². The first kappa shape index (κ1) is 20.9. The molecular formula is C17H23N3O6S. The minimum Gasteiger partial charge on any atom is -0.491 e. The van der Waals surface area contributed by atoms with Gasteiger partial charge in [-0.05, 0) is 45.0 Å². The molecular weight excluding hydrogens is 374 g/mol. The molecule has 0 saturated heterocycles. The first-order valence-corrected chi connectivity index (χ1v) is 9.70. The molecule has 1 heterocycles. The predicted molar refractivity (Wildman–Crippen MR) is 98.2 cm³/mol. The molecule has 1 amide bonds. The number of sulfonamides is 1. The average molecular weight is 397 g/mol. The number of benzene rings is 1. The van der Waals surface area contributed by atoms with Crippen LogP contribution in [-0.2, 0) is 19.6 Å². The van der Waals surface area contributed by atoms with Gasteiger partial charge in [-0.1, -0.05) is 5.16 Å². The molecule has 9 nitrogen and oxygen atoms in total. The molecule has 2 N–H and O–H groups in total. The number of nitrogens with one attached hydrogen (secondary N) is 2. The summed E-state index contributed by atoms with van der Waals surface area (Å²) in [6.07, 6.45) is 0. The van der Waals surface area contributed by atoms with E-state index in [1.54, 1.807) is 31.4 Å². The Bertz CT molecular complexity index is 857. The van der Waals surface area contributed by atoms with E-state index in [0.717, 1.165) is 0 Å². The first-order valence-electron chi connectivity index (χ1n) is 8.22. The Morgan fingerprint density at radius 2 is 1.89 bits per heavy atom. The quantitative estimate of drug-likeness (QED) is 0.617. The van der Waals surface area contributed by atoms with Crippen LogP contribution in [0.3, 0.4) is 0 Å². The van der Waals surface area contributed by atoms with Crippen molar-refractivity contribution in [3.63, 3.8) is 0 Å². The third-order valence-electron chi connectivity index (χ3n) is 3.64. The highest BCUT2D eigenvalue weighted by Gasteiger charge is 2.28. The zero-order valence-electron chi connectivity index (χ0n) is 15.6. The maximum absolute atomic E-state index is 12.5. The lowest BCUT2D eigenvalue weighted by Gasteiger charge is -2.14. The second kappa shape index (κ2) is 8.98. The van der Waals surface area contributed by atoms with E-state index in [-0.39, 0.29) is 16.3 Å². The fourth-order valence-electron chi connectivity index (χ4n) is 2.33. The normalized spacial score (nSPS) is 12.6. The average Bonchev–Trinajstić information content (AvgIpc) is 2.95. The van der Waals surface area contributed by atoms with E-state index in [9.17, 15) is 13.2 Å². The van der Waals surface area contributed by atoms with Crippen molar-refractivity contribution in [2.75, 3.05) is 25.6 Å². The van der Waals surface area contributed by atoms with Gasteiger partial charge >= 0.3 is 0 Å². The Kier molecular flexibility index (Phi) is 6.94. The van der Waals surface area contributed by atoms with Crippen molar-refractivity contribution in [2.45, 2.75) is 31.7 Å². The largest absolute Gasteiger partial charge is 0.491 e. The van der Waals surface area contributed by atoms with Gasteiger partial charge in [0.15, 0.2) is 5.76 Å². The van der Waals surface area contributed by atoms with Crippen molar-refractivity contribution in [2.24, 2.45) is 0 Å². The number of amides is 1. The van der Waals surface area contributed by atoms with E-state index in [2.05, 4.69) is 15.2 Å². The SMILES string of the molecule is COCCOc1ccc(NC(=O)[C@H](C)NS(=O)(=O)c2c(C)noc2C)cc1. The number of carbonyl (C=O) groups is 1. The molecule has 1 aromatic carbocycles. The summed E-state index contributed by atoms with van der Waals surface area (Å²) in [6, 6.07) is 5.72. The highest BCUT2D eigenvalue weighted by atomic mass is 32.2. The maximum atomic E-state index is 12.5. The van der Waals surface area contributed by atoms with Crippen LogP contribution in [0.15, 0.2) is 33.7 Å². The molecule has 2 rings (SSSR count). The lowest BCUT2D eigenvalue weighted by Crippen LogP contribution is -2.41. The summed E-state index contributed by atoms with van der Waals surface area (Å²) in [5, 5.41) is 6.27. The summed E-state index contributed by atoms with van der Waals surface area (Å²) in [5.74, 6) is 0.298. The van der Waals surface area contributed by atoms with E-state index >= 15 is 0 Å². The molecule has 0 aliphatic heterocycles. The van der Waals surface area contributed by atoms with Gasteiger partial charge in [0.1, 0.15) is 22.9 Å². The molecule has 0 unspecified atom stereocenters. The van der Waals surface area contributed by atoms with Crippen LogP contribution in [0.1, 0.15) is 18.4 Å². The van der Waals surface area contributed by atoms with Gasteiger partial charge in [-0.2, -0.15) is 4.72 Å². The number of hydrogen-bond acceptors (Lipinski definition) is 7. The first-order chi connectivity index (χ1) is 12.7. The monoisotopic (exact) mass is 397 g/mol. The van der Waals surface area contributed by atoms with Crippen LogP contribution in [0, 0.1) is 13.8 Å². The van der Waals surface area contributed by atoms with Gasteiger partial charge < -0.3 is 19.3 Å². The van der Waals surface area contributed by atoms with Crippen LogP contribution >= 0.6 is 0 Å². The summed E-state index contributed by atoms with van der Waals surface area (Å²) in [5.41, 5.74) is 0.749. The third kappa shape index (κ3) is 5.52. The summed E-state index contributed by atoms with van der Waals surface area (Å²) < 4.78 is 42.5. The standard InChI is InChI=1S/C17H23N3O6S/c1-11-16(13(3)26-19-11)27(22,23)20-12(2)17(21)18-14-5-7-15(8-6-14)25-10-9-24-4/h5-8,12,20H,9-10H2,1-4H3,(H,18,21)/t12-/m0/s1. The van der Waals surface area contributed by atoms with E-state index in [4.69, 9.17) is 14.0 Å². The predicted octanol–water partition coefficient (Wildman–Crippen LogP) is 1.62. The zero-order chi connectivity index (χ0) is 20.0. The highest BCUT2D eigenvalue weighted by molar-refractivity contribution is 7.89. The van der Waals surface area contributed by atoms with Gasteiger partial charge in [-0.25, -0.2) is 8.42 Å². The molecule has 1 atom stereocenters. The molecule has 0 spiro atoms. The Hall–Kier alpha value is -2.43. The number of ether oxygens (including phenoxy) is 2. The van der Waals surface area contributed by atoms with E-state index in [1.165, 1.54) is 20.8 Å². The Labute approximate surface area is 158 Å². The molecule has 0 fully saturated rings. The summed E-state index contributed by atoms with van der Waals surface area (Å²) in [6.45, 7) is 5.36. The molecule has 0 aliphatic carbocycles. The number of hydrogen-bond donors (Lipinski definition) is 2. The summed E-state index contributed by atoms with van der Waals surface area (Å²) in [4.78, 5) is 12.2. The zero-order valence-corrected chi connectivity index (χ0v) is 16.4. The fourth-order valence-corrected chi connectivity index (χ4v) is 3.86. The van der Waals surface area contributed by atoms with Crippen molar-refractivity contribution in [1.29, 1.82) is 0 Å². The topological polar surface area (TPSA) is 120 Å². The van der Waals surface area contributed by atoms with E-state index < -0.39 is 22.0 Å². The van der Waals surface area contributed by atoms with Gasteiger partial charge in [0.25, 0.3) is 0 Å². The molecule has 0 bridgehead atoms. The van der Waals surface area contributed by atoms with E-state index in [0.29, 0.717) is 24.7 Å². The number of aromatic nitrogens is 1. The molecule has 1 aromatic heterocycles. The van der Waals surface area contributed by atoms with Crippen LogP contribution in [0.5, 0.6) is 5.75 Å². The third-order valence-corrected chi connectivity index (χ3v) is 5.42. The molecule has 0 saturated carbocycles. The lowest BCUT2D eigenvalue weighted by molar-refractivity contribution is -0.117. The number of nitrogens with zero attached hydrogens (tertiary/aromatic N) is 1. The summed E-state index contributed by atoms with van der Waals surface area (Å²) in [7, 11) is -2.35. The Balaban J connectivity index is 1.97. The van der Waals surface area contributed by atoms with Gasteiger partial charge in [0.2, 0.25) is 15.9 Å². The minimum absolute atomic E-state index is 0.0558. The highest BCUT2D eigenvalue weighted by Crippen LogP contribution is 2.19. The number of carbonyl (C=O) groups excluding carboxylic acids is 1. The smallest absolute Gasteiger partial charge is 0.246 e. The molecule has 2 aromatic rings. The fraction of sp³-hybridized carbons (Fsp3) is 0.412. The van der Waals surface area contributed by atoms with Crippen LogP contribution in [-0.4, -0.2) is 45.8 Å². The second-order valence-corrected chi connectivity index (χ2v) is 7.50. The molecule has 0 aliphatic rings. The van der Waals surface area contributed by atoms with Crippen molar-refractivity contribution >= 4 is 21.6 Å². The minimum atomic E-state index is -3.93. The van der Waals surface area contributed by atoms with Gasteiger partial charge in [0, 0.05) is 12.8 Å². The molecule has 27 heavy (non-hydrogen) atoms. The van der Waals surface area contributed by atoms with Crippen molar-refractivity contribution in [3.8, 4) is 5.75 Å². The lowest BCUT2D eigenvalue weighted by atomic mass is 10.2. The van der Waals surface area contributed by atoms with Crippen LogP contribution < -0.4 is 14.8 Å². The second-order valence-electron chi connectivity index (χ2n) is 5.85. The number of aryl methyl sites for hydroxylation is 2. The van der Waals surface area contributed by atoms with Gasteiger partial charge in [0.05, 0.1) is 12.6 Å². The summed E-state index contributed by atoms with van der Waals surface area (Å²) >= 11 is 0. The van der Waals surface area contributed by atoms with Gasteiger partial charge in [-0.15, -0.1) is 0 Å². The molecule has 148 valence electrons. The van der Waals surface area contributed by atoms with Crippen LogP contribution in [0.4, 0.5) is 5.69 Å².